The number of hydrogen-bond donors (Lipinski definition) is 1. The van der Waals surface area contributed by atoms with Crippen LogP contribution in [0.5, 0.6) is 5.75 Å². The third-order valence-electron chi connectivity index (χ3n) is 6.39. The maximum Gasteiger partial charge on any atom is 0.262 e. The topological polar surface area (TPSA) is 88.2 Å². The van der Waals surface area contributed by atoms with Gasteiger partial charge < -0.3 is 14.4 Å². The van der Waals surface area contributed by atoms with Gasteiger partial charge in [0.1, 0.15) is 12.4 Å². The van der Waals surface area contributed by atoms with Crippen LogP contribution in [0.25, 0.3) is 0 Å². The molecule has 1 heterocycles. The minimum atomic E-state index is -3.82. The van der Waals surface area contributed by atoms with Crippen molar-refractivity contribution in [2.75, 3.05) is 45.6 Å². The van der Waals surface area contributed by atoms with Gasteiger partial charge in [-0.15, -0.1) is 0 Å². The number of methoxy groups -OCH3 is 1. The number of ether oxygens (including phenoxy) is 2. The first-order valence-electron chi connectivity index (χ1n) is 11.4. The molecular weight excluding hydrogens is 454 g/mol. The van der Waals surface area contributed by atoms with Crippen LogP contribution in [-0.4, -0.2) is 77.2 Å². The molecule has 0 radical (unpaired) electrons. The molecule has 2 aromatic carbocycles. The van der Waals surface area contributed by atoms with E-state index in [4.69, 9.17) is 9.47 Å². The Balaban J connectivity index is 1.97. The maximum absolute atomic E-state index is 13.4. The van der Waals surface area contributed by atoms with E-state index in [-0.39, 0.29) is 28.9 Å². The summed E-state index contributed by atoms with van der Waals surface area (Å²) in [5, 5.41) is 0. The fourth-order valence-corrected chi connectivity index (χ4v) is 5.39. The number of likely N-dealkylation sites (N-methyl/N-ethyl adjacent to an activating group) is 2. The lowest BCUT2D eigenvalue weighted by Crippen LogP contribution is -2.45. The molecule has 0 bridgehead atoms. The summed E-state index contributed by atoms with van der Waals surface area (Å²) in [5.41, 5.74) is 1.23. The minimum absolute atomic E-state index is 0.110. The molecule has 0 aliphatic carbocycles. The Kier molecular flexibility index (Phi) is 8.22. The van der Waals surface area contributed by atoms with E-state index in [0.29, 0.717) is 35.7 Å². The molecule has 1 aliphatic heterocycles. The molecule has 3 atom stereocenters. The van der Waals surface area contributed by atoms with Gasteiger partial charge in [-0.05, 0) is 56.6 Å². The van der Waals surface area contributed by atoms with Crippen molar-refractivity contribution in [3.8, 4) is 5.75 Å². The van der Waals surface area contributed by atoms with Gasteiger partial charge >= 0.3 is 0 Å². The molecule has 186 valence electrons. The van der Waals surface area contributed by atoms with Gasteiger partial charge in [-0.25, -0.2) is 8.42 Å². The molecule has 1 amide bonds. The Morgan fingerprint density at radius 3 is 2.47 bits per heavy atom. The zero-order valence-electron chi connectivity index (χ0n) is 20.7. The van der Waals surface area contributed by atoms with Crippen LogP contribution in [0.3, 0.4) is 0 Å². The number of amides is 1. The van der Waals surface area contributed by atoms with E-state index in [9.17, 15) is 13.2 Å². The predicted octanol–water partition coefficient (Wildman–Crippen LogP) is 3.23. The summed E-state index contributed by atoms with van der Waals surface area (Å²) in [7, 11) is 1.60. The molecule has 1 aliphatic rings. The predicted molar refractivity (Wildman–Crippen MR) is 133 cm³/mol. The molecular formula is C25H35N3O5S. The monoisotopic (exact) mass is 489 g/mol. The Morgan fingerprint density at radius 2 is 1.79 bits per heavy atom. The second-order valence-electron chi connectivity index (χ2n) is 9.12. The Labute approximate surface area is 202 Å². The average molecular weight is 490 g/mol. The molecule has 0 spiro atoms. The van der Waals surface area contributed by atoms with Gasteiger partial charge in [-0.2, -0.15) is 0 Å². The van der Waals surface area contributed by atoms with Crippen molar-refractivity contribution in [1.82, 2.24) is 9.80 Å². The molecule has 1 N–H and O–H groups in total. The number of carbonyl (C=O) groups is 1. The van der Waals surface area contributed by atoms with Crippen molar-refractivity contribution in [3.05, 3.63) is 53.6 Å². The summed E-state index contributed by atoms with van der Waals surface area (Å²) >= 11 is 0. The first kappa shape index (κ1) is 26.0. The van der Waals surface area contributed by atoms with E-state index in [1.165, 1.54) is 6.07 Å². The van der Waals surface area contributed by atoms with E-state index in [2.05, 4.69) is 23.5 Å². The smallest absolute Gasteiger partial charge is 0.262 e. The van der Waals surface area contributed by atoms with Crippen LogP contribution >= 0.6 is 0 Å². The zero-order valence-corrected chi connectivity index (χ0v) is 21.6. The second-order valence-corrected chi connectivity index (χ2v) is 10.8. The number of aryl methyl sites for hydroxylation is 1. The van der Waals surface area contributed by atoms with Crippen molar-refractivity contribution < 1.29 is 22.7 Å². The third-order valence-corrected chi connectivity index (χ3v) is 7.93. The Morgan fingerprint density at radius 1 is 1.09 bits per heavy atom. The van der Waals surface area contributed by atoms with E-state index in [1.807, 2.05) is 7.05 Å². The van der Waals surface area contributed by atoms with Gasteiger partial charge in [0, 0.05) is 39.0 Å². The number of nitrogens with one attached hydrogen (secondary N) is 1. The van der Waals surface area contributed by atoms with Gasteiger partial charge in [0.15, 0.2) is 0 Å². The summed E-state index contributed by atoms with van der Waals surface area (Å²) in [5.74, 6) is 0.347. The molecule has 0 saturated heterocycles. The molecule has 9 heteroatoms. The lowest BCUT2D eigenvalue weighted by atomic mass is 10.0. The van der Waals surface area contributed by atoms with Gasteiger partial charge in [-0.3, -0.25) is 14.4 Å². The number of rotatable bonds is 4. The number of sulfonamides is 1. The highest BCUT2D eigenvalue weighted by atomic mass is 32.2. The van der Waals surface area contributed by atoms with E-state index in [0.717, 1.165) is 6.54 Å². The average Bonchev–Trinajstić information content (AvgIpc) is 2.79. The van der Waals surface area contributed by atoms with Crippen molar-refractivity contribution in [2.24, 2.45) is 5.92 Å². The largest absolute Gasteiger partial charge is 0.491 e. The Bertz CT molecular complexity index is 1120. The molecule has 0 saturated carbocycles. The summed E-state index contributed by atoms with van der Waals surface area (Å²) in [4.78, 5) is 17.4. The fourth-order valence-electron chi connectivity index (χ4n) is 4.09. The summed E-state index contributed by atoms with van der Waals surface area (Å²) < 4.78 is 40.3. The van der Waals surface area contributed by atoms with Crippen LogP contribution in [0.2, 0.25) is 0 Å². The third kappa shape index (κ3) is 5.89. The molecule has 0 unspecified atom stereocenters. The highest BCUT2D eigenvalue weighted by Crippen LogP contribution is 2.28. The zero-order chi connectivity index (χ0) is 25.0. The first-order chi connectivity index (χ1) is 16.0. The van der Waals surface area contributed by atoms with E-state index < -0.39 is 10.0 Å². The second kappa shape index (κ2) is 10.8. The summed E-state index contributed by atoms with van der Waals surface area (Å²) in [6.45, 7) is 7.51. The van der Waals surface area contributed by atoms with Crippen LogP contribution in [0.1, 0.15) is 29.8 Å². The van der Waals surface area contributed by atoms with Crippen molar-refractivity contribution in [3.63, 3.8) is 0 Å². The van der Waals surface area contributed by atoms with E-state index >= 15 is 0 Å². The molecule has 3 rings (SSSR count). The van der Waals surface area contributed by atoms with Crippen molar-refractivity contribution in [1.29, 1.82) is 0 Å². The number of benzene rings is 2. The van der Waals surface area contributed by atoms with Gasteiger partial charge in [-0.1, -0.05) is 25.1 Å². The molecule has 0 aromatic heterocycles. The lowest BCUT2D eigenvalue weighted by Gasteiger charge is -2.34. The molecule has 2 aromatic rings. The van der Waals surface area contributed by atoms with Crippen molar-refractivity contribution in [2.45, 2.75) is 37.8 Å². The van der Waals surface area contributed by atoms with Crippen LogP contribution in [-0.2, 0) is 14.8 Å². The van der Waals surface area contributed by atoms with Crippen LogP contribution < -0.4 is 9.46 Å². The van der Waals surface area contributed by atoms with Crippen LogP contribution in [0.15, 0.2) is 47.4 Å². The van der Waals surface area contributed by atoms with Gasteiger partial charge in [0.05, 0.1) is 16.6 Å². The highest BCUT2D eigenvalue weighted by Gasteiger charge is 2.27. The van der Waals surface area contributed by atoms with E-state index in [1.54, 1.807) is 62.4 Å². The van der Waals surface area contributed by atoms with Crippen molar-refractivity contribution >= 4 is 21.6 Å². The van der Waals surface area contributed by atoms with Gasteiger partial charge in [0.25, 0.3) is 15.9 Å². The number of hydrogen-bond acceptors (Lipinski definition) is 6. The molecule has 8 nitrogen and oxygen atoms in total. The number of nitrogens with zero attached hydrogens (tertiary/aromatic N) is 2. The quantitative estimate of drug-likeness (QED) is 0.710. The van der Waals surface area contributed by atoms with Crippen LogP contribution in [0, 0.1) is 12.8 Å². The number of anilines is 1. The maximum atomic E-state index is 13.4. The normalized spacial score (nSPS) is 22.8. The minimum Gasteiger partial charge on any atom is -0.491 e. The highest BCUT2D eigenvalue weighted by molar-refractivity contribution is 7.92. The van der Waals surface area contributed by atoms with Crippen LogP contribution in [0.4, 0.5) is 5.69 Å². The summed E-state index contributed by atoms with van der Waals surface area (Å²) in [6.07, 6.45) is -0.143. The SMILES string of the molecule is CO[C@H]1CN(C)C(=O)c2cc(NS(=O)(=O)c3ccccc3C)ccc2OC[C@H](C)N(C)C[C@@H]1C. The Hall–Kier alpha value is -2.62. The fraction of sp³-hybridized carbons (Fsp3) is 0.480. The lowest BCUT2D eigenvalue weighted by molar-refractivity contribution is 0.0150. The number of carbonyl (C=O) groups excluding carboxylic acids is 1. The standard InChI is InChI=1S/C25H35N3O5S/c1-17-9-7-8-10-24(17)34(30,31)26-20-11-12-22-21(13-20)25(29)28(5)15-23(32-6)18(2)14-27(4)19(3)16-33-22/h7-13,18-19,23,26H,14-16H2,1-6H3/t18-,19-,23-/m0/s1. The number of fused-ring (bicyclic) bond motifs is 1. The first-order valence-corrected chi connectivity index (χ1v) is 12.9. The molecule has 0 fully saturated rings. The van der Waals surface area contributed by atoms with Gasteiger partial charge in [0.2, 0.25) is 0 Å². The summed E-state index contributed by atoms with van der Waals surface area (Å²) in [6, 6.07) is 11.7. The molecule has 34 heavy (non-hydrogen) atoms.